The summed E-state index contributed by atoms with van der Waals surface area (Å²) in [5.41, 5.74) is 2.63. The number of rotatable bonds is 6. The number of ether oxygens (including phenoxy) is 2. The van der Waals surface area contributed by atoms with Gasteiger partial charge in [0.05, 0.1) is 5.56 Å². The van der Waals surface area contributed by atoms with Crippen LogP contribution in [-0.2, 0) is 6.54 Å². The molecule has 6 nitrogen and oxygen atoms in total. The van der Waals surface area contributed by atoms with E-state index in [-0.39, 0.29) is 18.7 Å². The van der Waals surface area contributed by atoms with Crippen molar-refractivity contribution >= 4 is 11.7 Å². The van der Waals surface area contributed by atoms with Crippen molar-refractivity contribution in [3.8, 4) is 11.5 Å². The van der Waals surface area contributed by atoms with Gasteiger partial charge in [0.15, 0.2) is 11.5 Å². The molecule has 0 saturated heterocycles. The van der Waals surface area contributed by atoms with E-state index in [4.69, 9.17) is 9.47 Å². The molecule has 1 unspecified atom stereocenters. The summed E-state index contributed by atoms with van der Waals surface area (Å²) in [6.07, 6.45) is 1.58. The lowest BCUT2D eigenvalue weighted by Gasteiger charge is -2.15. The minimum absolute atomic E-state index is 0.124. The second-order valence-electron chi connectivity index (χ2n) is 6.58. The fraction of sp³-hybridized carbons (Fsp3) is 0.182. The normalized spacial score (nSPS) is 13.0. The highest BCUT2D eigenvalue weighted by Gasteiger charge is 2.14. The first-order valence-corrected chi connectivity index (χ1v) is 9.13. The van der Waals surface area contributed by atoms with E-state index in [1.165, 1.54) is 5.56 Å². The van der Waals surface area contributed by atoms with Gasteiger partial charge in [0.1, 0.15) is 5.82 Å². The van der Waals surface area contributed by atoms with Gasteiger partial charge in [-0.25, -0.2) is 4.98 Å². The van der Waals surface area contributed by atoms with Gasteiger partial charge >= 0.3 is 0 Å². The number of hydrogen-bond acceptors (Lipinski definition) is 5. The number of anilines is 1. The zero-order valence-electron chi connectivity index (χ0n) is 15.5. The molecule has 3 aromatic rings. The van der Waals surface area contributed by atoms with Crippen LogP contribution in [0.1, 0.15) is 34.5 Å². The van der Waals surface area contributed by atoms with Gasteiger partial charge in [0.25, 0.3) is 5.91 Å². The van der Waals surface area contributed by atoms with Crippen LogP contribution < -0.4 is 20.1 Å². The Balaban J connectivity index is 1.33. The fourth-order valence-electron chi connectivity index (χ4n) is 3.00. The Labute approximate surface area is 163 Å². The van der Waals surface area contributed by atoms with Crippen molar-refractivity contribution in [2.24, 2.45) is 0 Å². The monoisotopic (exact) mass is 375 g/mol. The first kappa shape index (κ1) is 17.9. The Kier molecular flexibility index (Phi) is 5.10. The molecule has 0 saturated carbocycles. The maximum absolute atomic E-state index is 12.4. The van der Waals surface area contributed by atoms with Crippen molar-refractivity contribution in [1.29, 1.82) is 0 Å². The molecule has 1 aromatic heterocycles. The molecule has 6 heteroatoms. The molecule has 2 aromatic carbocycles. The summed E-state index contributed by atoms with van der Waals surface area (Å²) < 4.78 is 10.6. The van der Waals surface area contributed by atoms with Crippen LogP contribution in [0.2, 0.25) is 0 Å². The number of nitrogens with zero attached hydrogens (tertiary/aromatic N) is 1. The van der Waals surface area contributed by atoms with Crippen molar-refractivity contribution in [1.82, 2.24) is 10.3 Å². The molecule has 1 aliphatic rings. The van der Waals surface area contributed by atoms with Gasteiger partial charge in [-0.05, 0) is 42.3 Å². The van der Waals surface area contributed by atoms with Gasteiger partial charge in [-0.3, -0.25) is 4.79 Å². The van der Waals surface area contributed by atoms with E-state index in [9.17, 15) is 4.79 Å². The second-order valence-corrected chi connectivity index (χ2v) is 6.58. The Morgan fingerprint density at radius 3 is 2.68 bits per heavy atom. The van der Waals surface area contributed by atoms with Gasteiger partial charge in [0.2, 0.25) is 6.79 Å². The van der Waals surface area contributed by atoms with E-state index in [2.05, 4.69) is 34.7 Å². The molecule has 0 bridgehead atoms. The average Bonchev–Trinajstić information content (AvgIpc) is 3.21. The second kappa shape index (κ2) is 8.00. The number of nitrogens with one attached hydrogen (secondary N) is 2. The smallest absolute Gasteiger partial charge is 0.253 e. The van der Waals surface area contributed by atoms with E-state index >= 15 is 0 Å². The fourth-order valence-corrected chi connectivity index (χ4v) is 3.00. The quantitative estimate of drug-likeness (QED) is 0.683. The van der Waals surface area contributed by atoms with E-state index in [0.717, 1.165) is 17.1 Å². The van der Waals surface area contributed by atoms with Crippen LogP contribution in [0.3, 0.4) is 0 Å². The van der Waals surface area contributed by atoms with Gasteiger partial charge in [-0.15, -0.1) is 0 Å². The highest BCUT2D eigenvalue weighted by molar-refractivity contribution is 5.94. The molecular formula is C22H21N3O3. The third kappa shape index (κ3) is 4.06. The molecule has 1 atom stereocenters. The Hall–Kier alpha value is -3.54. The standard InChI is InChI=1S/C22H21N3O3/c1-15(17-5-3-2-4-6-17)25-21-10-8-18(13-23-21)22(26)24-12-16-7-9-19-20(11-16)28-14-27-19/h2-11,13,15H,12,14H2,1H3,(H,23,25)(H,24,26). The van der Waals surface area contributed by atoms with Gasteiger partial charge < -0.3 is 20.1 Å². The molecule has 0 radical (unpaired) electrons. The Morgan fingerprint density at radius 2 is 1.89 bits per heavy atom. The molecule has 142 valence electrons. The molecule has 4 rings (SSSR count). The Morgan fingerprint density at radius 1 is 1.07 bits per heavy atom. The van der Waals surface area contributed by atoms with E-state index < -0.39 is 0 Å². The molecule has 1 aliphatic heterocycles. The minimum Gasteiger partial charge on any atom is -0.454 e. The van der Waals surface area contributed by atoms with Gasteiger partial charge in [-0.2, -0.15) is 0 Å². The van der Waals surface area contributed by atoms with Gasteiger partial charge in [-0.1, -0.05) is 36.4 Å². The highest BCUT2D eigenvalue weighted by Crippen LogP contribution is 2.32. The van der Waals surface area contributed by atoms with Crippen molar-refractivity contribution in [3.63, 3.8) is 0 Å². The van der Waals surface area contributed by atoms with E-state index in [0.29, 0.717) is 17.9 Å². The number of pyridine rings is 1. The summed E-state index contributed by atoms with van der Waals surface area (Å²) in [6.45, 7) is 2.71. The third-order valence-electron chi connectivity index (χ3n) is 4.58. The number of carbonyl (C=O) groups excluding carboxylic acids is 1. The molecular weight excluding hydrogens is 354 g/mol. The van der Waals surface area contributed by atoms with Gasteiger partial charge in [0, 0.05) is 18.8 Å². The zero-order valence-corrected chi connectivity index (χ0v) is 15.5. The number of hydrogen-bond donors (Lipinski definition) is 2. The van der Waals surface area contributed by atoms with Crippen LogP contribution in [0.25, 0.3) is 0 Å². The SMILES string of the molecule is CC(Nc1ccc(C(=O)NCc2ccc3c(c2)OCO3)cn1)c1ccccc1. The van der Waals surface area contributed by atoms with E-state index in [1.807, 2.05) is 42.5 Å². The lowest BCUT2D eigenvalue weighted by molar-refractivity contribution is 0.0950. The van der Waals surface area contributed by atoms with Crippen LogP contribution in [0.15, 0.2) is 66.9 Å². The molecule has 1 amide bonds. The lowest BCUT2D eigenvalue weighted by Crippen LogP contribution is -2.23. The molecule has 0 fully saturated rings. The molecule has 2 N–H and O–H groups in total. The topological polar surface area (TPSA) is 72.5 Å². The predicted octanol–water partition coefficient (Wildman–Crippen LogP) is 3.91. The van der Waals surface area contributed by atoms with Crippen molar-refractivity contribution in [3.05, 3.63) is 83.6 Å². The molecule has 2 heterocycles. The number of fused-ring (bicyclic) bond motifs is 1. The lowest BCUT2D eigenvalue weighted by atomic mass is 10.1. The Bertz CT molecular complexity index is 959. The highest BCUT2D eigenvalue weighted by atomic mass is 16.7. The van der Waals surface area contributed by atoms with Crippen molar-refractivity contribution in [2.75, 3.05) is 12.1 Å². The first-order valence-electron chi connectivity index (χ1n) is 9.13. The first-order chi connectivity index (χ1) is 13.7. The summed E-state index contributed by atoms with van der Waals surface area (Å²) >= 11 is 0. The third-order valence-corrected chi connectivity index (χ3v) is 4.58. The predicted molar refractivity (Wildman–Crippen MR) is 106 cm³/mol. The number of benzene rings is 2. The summed E-state index contributed by atoms with van der Waals surface area (Å²) in [5, 5.41) is 6.23. The summed E-state index contributed by atoms with van der Waals surface area (Å²) in [6, 6.07) is 19.5. The summed E-state index contributed by atoms with van der Waals surface area (Å²) in [4.78, 5) is 16.7. The van der Waals surface area contributed by atoms with Crippen LogP contribution >= 0.6 is 0 Å². The maximum atomic E-state index is 12.4. The molecule has 28 heavy (non-hydrogen) atoms. The van der Waals surface area contributed by atoms with E-state index in [1.54, 1.807) is 12.3 Å². The molecule has 0 spiro atoms. The number of carbonyl (C=O) groups is 1. The van der Waals surface area contributed by atoms with Crippen molar-refractivity contribution < 1.29 is 14.3 Å². The zero-order chi connectivity index (χ0) is 19.3. The average molecular weight is 375 g/mol. The number of aromatic nitrogens is 1. The maximum Gasteiger partial charge on any atom is 0.253 e. The molecule has 0 aliphatic carbocycles. The minimum atomic E-state index is -0.173. The van der Waals surface area contributed by atoms with Crippen LogP contribution in [0.5, 0.6) is 11.5 Å². The largest absolute Gasteiger partial charge is 0.454 e. The number of amides is 1. The van der Waals surface area contributed by atoms with Crippen molar-refractivity contribution in [2.45, 2.75) is 19.5 Å². The summed E-state index contributed by atoms with van der Waals surface area (Å²) in [5.74, 6) is 1.99. The van der Waals surface area contributed by atoms with Crippen LogP contribution in [0, 0.1) is 0 Å². The summed E-state index contributed by atoms with van der Waals surface area (Å²) in [7, 11) is 0. The van der Waals surface area contributed by atoms with Crippen LogP contribution in [0.4, 0.5) is 5.82 Å². The van der Waals surface area contributed by atoms with Crippen LogP contribution in [-0.4, -0.2) is 17.7 Å².